The molecule has 2 aromatic rings. The van der Waals surface area contributed by atoms with Gasteiger partial charge in [0.05, 0.1) is 6.61 Å². The molecule has 0 radical (unpaired) electrons. The first kappa shape index (κ1) is 16.1. The van der Waals surface area contributed by atoms with Crippen molar-refractivity contribution in [3.05, 3.63) is 53.8 Å². The minimum absolute atomic E-state index is 0.287. The lowest BCUT2D eigenvalue weighted by molar-refractivity contribution is 0.208. The van der Waals surface area contributed by atoms with Crippen LogP contribution in [0.4, 0.5) is 4.39 Å². The Balaban J connectivity index is 1.86. The molecule has 0 fully saturated rings. The van der Waals surface area contributed by atoms with Crippen molar-refractivity contribution in [2.24, 2.45) is 5.73 Å². The third kappa shape index (κ3) is 4.63. The van der Waals surface area contributed by atoms with E-state index in [1.807, 2.05) is 25.1 Å². The summed E-state index contributed by atoms with van der Waals surface area (Å²) in [7, 11) is 0. The van der Waals surface area contributed by atoms with Gasteiger partial charge in [-0.1, -0.05) is 6.07 Å². The lowest BCUT2D eigenvalue weighted by Gasteiger charge is -2.13. The smallest absolute Gasteiger partial charge is 0.161 e. The van der Waals surface area contributed by atoms with Crippen molar-refractivity contribution in [2.45, 2.75) is 13.5 Å². The maximum Gasteiger partial charge on any atom is 0.161 e. The molecule has 0 saturated carbocycles. The quantitative estimate of drug-likeness (QED) is 0.761. The van der Waals surface area contributed by atoms with E-state index in [2.05, 4.69) is 0 Å². The van der Waals surface area contributed by atoms with E-state index in [1.165, 1.54) is 12.1 Å². The summed E-state index contributed by atoms with van der Waals surface area (Å²) >= 11 is 0. The fraction of sp³-hybridized carbons (Fsp3) is 0.294. The normalized spacial score (nSPS) is 10.3. The number of hydrogen-bond acceptors (Lipinski definition) is 4. The molecular formula is C17H20FNO3. The van der Waals surface area contributed by atoms with Crippen LogP contribution in [0.15, 0.2) is 42.5 Å². The Morgan fingerprint density at radius 2 is 1.64 bits per heavy atom. The van der Waals surface area contributed by atoms with E-state index in [9.17, 15) is 4.39 Å². The number of benzene rings is 2. The summed E-state index contributed by atoms with van der Waals surface area (Å²) in [5, 5.41) is 0. The van der Waals surface area contributed by atoms with Crippen LogP contribution in [0.3, 0.4) is 0 Å². The predicted octanol–water partition coefficient (Wildman–Crippen LogP) is 3.14. The molecule has 0 aliphatic carbocycles. The van der Waals surface area contributed by atoms with Crippen LogP contribution < -0.4 is 19.9 Å². The van der Waals surface area contributed by atoms with Crippen LogP contribution in [-0.4, -0.2) is 19.8 Å². The molecule has 0 aliphatic rings. The van der Waals surface area contributed by atoms with Gasteiger partial charge in [-0.15, -0.1) is 0 Å². The summed E-state index contributed by atoms with van der Waals surface area (Å²) in [5.41, 5.74) is 6.60. The molecule has 4 nitrogen and oxygen atoms in total. The van der Waals surface area contributed by atoms with E-state index in [-0.39, 0.29) is 5.82 Å². The SMILES string of the molecule is CCOc1cc(CN)ccc1OCCOc1ccc(F)cc1. The summed E-state index contributed by atoms with van der Waals surface area (Å²) in [6, 6.07) is 11.5. The predicted molar refractivity (Wildman–Crippen MR) is 82.9 cm³/mol. The topological polar surface area (TPSA) is 53.7 Å². The zero-order valence-corrected chi connectivity index (χ0v) is 12.5. The Hall–Kier alpha value is -2.27. The van der Waals surface area contributed by atoms with Crippen molar-refractivity contribution in [1.82, 2.24) is 0 Å². The molecule has 5 heteroatoms. The first-order chi connectivity index (χ1) is 10.7. The molecule has 2 rings (SSSR count). The van der Waals surface area contributed by atoms with Crippen molar-refractivity contribution < 1.29 is 18.6 Å². The van der Waals surface area contributed by atoms with E-state index in [1.54, 1.807) is 12.1 Å². The second kappa shape index (κ2) is 8.24. The summed E-state index contributed by atoms with van der Waals surface area (Å²) in [4.78, 5) is 0. The maximum absolute atomic E-state index is 12.8. The van der Waals surface area contributed by atoms with Crippen LogP contribution in [0.25, 0.3) is 0 Å². The fourth-order valence-electron chi connectivity index (χ4n) is 1.91. The third-order valence-electron chi connectivity index (χ3n) is 2.97. The zero-order valence-electron chi connectivity index (χ0n) is 12.5. The molecule has 0 aliphatic heterocycles. The van der Waals surface area contributed by atoms with Gasteiger partial charge in [-0.25, -0.2) is 4.39 Å². The standard InChI is InChI=1S/C17H20FNO3/c1-2-20-17-11-13(12-19)3-8-16(17)22-10-9-21-15-6-4-14(18)5-7-15/h3-8,11H,2,9-10,12,19H2,1H3. The first-order valence-electron chi connectivity index (χ1n) is 7.20. The third-order valence-corrected chi connectivity index (χ3v) is 2.97. The number of halogens is 1. The Morgan fingerprint density at radius 1 is 0.909 bits per heavy atom. The molecule has 22 heavy (non-hydrogen) atoms. The highest BCUT2D eigenvalue weighted by Crippen LogP contribution is 2.28. The molecule has 0 saturated heterocycles. The van der Waals surface area contributed by atoms with Gasteiger partial charge in [0.25, 0.3) is 0 Å². The Bertz CT molecular complexity index is 587. The molecule has 0 aromatic heterocycles. The van der Waals surface area contributed by atoms with E-state index >= 15 is 0 Å². The molecule has 0 spiro atoms. The van der Waals surface area contributed by atoms with Crippen molar-refractivity contribution in [3.8, 4) is 17.2 Å². The van der Waals surface area contributed by atoms with Crippen LogP contribution in [0.1, 0.15) is 12.5 Å². The van der Waals surface area contributed by atoms with Gasteiger partial charge in [0, 0.05) is 6.54 Å². The van der Waals surface area contributed by atoms with E-state index in [4.69, 9.17) is 19.9 Å². The maximum atomic E-state index is 12.8. The highest BCUT2D eigenvalue weighted by atomic mass is 19.1. The van der Waals surface area contributed by atoms with Crippen molar-refractivity contribution in [2.75, 3.05) is 19.8 Å². The average Bonchev–Trinajstić information content (AvgIpc) is 2.54. The molecule has 0 amide bonds. The molecule has 118 valence electrons. The molecule has 0 heterocycles. The van der Waals surface area contributed by atoms with Crippen molar-refractivity contribution in [3.63, 3.8) is 0 Å². The highest BCUT2D eigenvalue weighted by molar-refractivity contribution is 5.43. The average molecular weight is 305 g/mol. The van der Waals surface area contributed by atoms with E-state index in [0.29, 0.717) is 43.6 Å². The van der Waals surface area contributed by atoms with E-state index in [0.717, 1.165) is 5.56 Å². The first-order valence-corrected chi connectivity index (χ1v) is 7.20. The molecule has 0 unspecified atom stereocenters. The van der Waals surface area contributed by atoms with Crippen LogP contribution >= 0.6 is 0 Å². The highest BCUT2D eigenvalue weighted by Gasteiger charge is 2.06. The Morgan fingerprint density at radius 3 is 2.32 bits per heavy atom. The van der Waals surface area contributed by atoms with Crippen LogP contribution in [0.5, 0.6) is 17.2 Å². The molecule has 2 N–H and O–H groups in total. The minimum atomic E-state index is -0.287. The van der Waals surface area contributed by atoms with Gasteiger partial charge in [-0.3, -0.25) is 0 Å². The van der Waals surface area contributed by atoms with Gasteiger partial charge < -0.3 is 19.9 Å². The molecule has 2 aromatic carbocycles. The number of hydrogen-bond donors (Lipinski definition) is 1. The zero-order chi connectivity index (χ0) is 15.8. The van der Waals surface area contributed by atoms with Gasteiger partial charge in [-0.05, 0) is 48.9 Å². The number of nitrogens with two attached hydrogens (primary N) is 1. The monoisotopic (exact) mass is 305 g/mol. The second-order valence-electron chi connectivity index (χ2n) is 4.57. The summed E-state index contributed by atoms with van der Waals surface area (Å²) in [5.74, 6) is 1.65. The van der Waals surface area contributed by atoms with Crippen LogP contribution in [0, 0.1) is 5.82 Å². The number of ether oxygens (including phenoxy) is 3. The summed E-state index contributed by atoms with van der Waals surface area (Å²) < 4.78 is 29.5. The van der Waals surface area contributed by atoms with E-state index < -0.39 is 0 Å². The lowest BCUT2D eigenvalue weighted by atomic mass is 10.2. The fourth-order valence-corrected chi connectivity index (χ4v) is 1.91. The van der Waals surface area contributed by atoms with Gasteiger partial charge in [-0.2, -0.15) is 0 Å². The molecule has 0 bridgehead atoms. The van der Waals surface area contributed by atoms with Crippen molar-refractivity contribution >= 4 is 0 Å². The second-order valence-corrected chi connectivity index (χ2v) is 4.57. The van der Waals surface area contributed by atoms with Crippen LogP contribution in [0.2, 0.25) is 0 Å². The largest absolute Gasteiger partial charge is 0.490 e. The lowest BCUT2D eigenvalue weighted by Crippen LogP contribution is -2.10. The number of rotatable bonds is 8. The van der Waals surface area contributed by atoms with Gasteiger partial charge in [0.2, 0.25) is 0 Å². The Kier molecular flexibility index (Phi) is 6.03. The Labute approximate surface area is 129 Å². The molecule has 0 atom stereocenters. The molecular weight excluding hydrogens is 285 g/mol. The van der Waals surface area contributed by atoms with Crippen molar-refractivity contribution in [1.29, 1.82) is 0 Å². The summed E-state index contributed by atoms with van der Waals surface area (Å²) in [6.07, 6.45) is 0. The van der Waals surface area contributed by atoms with Crippen LogP contribution in [-0.2, 0) is 6.54 Å². The summed E-state index contributed by atoms with van der Waals surface area (Å²) in [6.45, 7) is 3.64. The van der Waals surface area contributed by atoms with Gasteiger partial charge in [0.1, 0.15) is 24.8 Å². The van der Waals surface area contributed by atoms with Gasteiger partial charge in [0.15, 0.2) is 11.5 Å². The minimum Gasteiger partial charge on any atom is -0.490 e. The van der Waals surface area contributed by atoms with Gasteiger partial charge >= 0.3 is 0 Å².